The van der Waals surface area contributed by atoms with Crippen LogP contribution in [-0.4, -0.2) is 36.1 Å². The van der Waals surface area contributed by atoms with Crippen LogP contribution in [0.4, 0.5) is 5.82 Å². The van der Waals surface area contributed by atoms with Crippen molar-refractivity contribution in [1.82, 2.24) is 15.3 Å². The van der Waals surface area contributed by atoms with Crippen molar-refractivity contribution in [2.75, 3.05) is 25.0 Å². The van der Waals surface area contributed by atoms with Gasteiger partial charge in [-0.05, 0) is 31.7 Å². The van der Waals surface area contributed by atoms with Crippen LogP contribution in [0.15, 0.2) is 23.0 Å². The zero-order valence-corrected chi connectivity index (χ0v) is 12.6. The molecule has 2 heterocycles. The summed E-state index contributed by atoms with van der Waals surface area (Å²) < 4.78 is 0. The van der Waals surface area contributed by atoms with E-state index < -0.39 is 0 Å². The number of benzene rings is 1. The first-order chi connectivity index (χ1) is 9.17. The molecular formula is C13H16Cl2N4O. The van der Waals surface area contributed by atoms with E-state index in [1.165, 1.54) is 0 Å². The first kappa shape index (κ1) is 15.1. The van der Waals surface area contributed by atoms with Crippen molar-refractivity contribution in [3.63, 3.8) is 0 Å². The van der Waals surface area contributed by atoms with Gasteiger partial charge in [0.1, 0.15) is 0 Å². The fourth-order valence-electron chi connectivity index (χ4n) is 2.45. The normalized spacial score (nSPS) is 18.3. The van der Waals surface area contributed by atoms with Crippen LogP contribution in [0.3, 0.4) is 0 Å². The molecule has 0 amide bonds. The molecule has 0 radical (unpaired) electrons. The summed E-state index contributed by atoms with van der Waals surface area (Å²) in [5, 5.41) is 3.82. The Bertz CT molecular complexity index is 673. The first-order valence-electron chi connectivity index (χ1n) is 6.29. The predicted octanol–water partition coefficient (Wildman–Crippen LogP) is 1.80. The van der Waals surface area contributed by atoms with Crippen LogP contribution in [0.1, 0.15) is 6.42 Å². The first-order valence-corrected chi connectivity index (χ1v) is 6.67. The second kappa shape index (κ2) is 5.99. The third kappa shape index (κ3) is 2.75. The van der Waals surface area contributed by atoms with Gasteiger partial charge in [-0.25, -0.2) is 4.98 Å². The molecule has 1 unspecified atom stereocenters. The SMILES string of the molecule is CNC1CCN(c2nc3ccc(Cl)cc3[nH]c2=O)C1.Cl. The summed E-state index contributed by atoms with van der Waals surface area (Å²) in [6.45, 7) is 1.66. The van der Waals surface area contributed by atoms with Gasteiger partial charge in [-0.2, -0.15) is 0 Å². The Balaban J connectivity index is 0.00000147. The number of fused-ring (bicyclic) bond motifs is 1. The third-order valence-electron chi connectivity index (χ3n) is 3.53. The molecule has 1 aromatic heterocycles. The number of aromatic nitrogens is 2. The lowest BCUT2D eigenvalue weighted by atomic mass is 10.3. The molecule has 2 N–H and O–H groups in total. The molecule has 1 aromatic carbocycles. The van der Waals surface area contributed by atoms with E-state index in [1.807, 2.05) is 18.0 Å². The van der Waals surface area contributed by atoms with Crippen LogP contribution in [0.25, 0.3) is 11.0 Å². The predicted molar refractivity (Wildman–Crippen MR) is 84.3 cm³/mol. The molecule has 1 aliphatic rings. The van der Waals surface area contributed by atoms with Crippen molar-refractivity contribution < 1.29 is 0 Å². The maximum Gasteiger partial charge on any atom is 0.291 e. The number of aromatic amines is 1. The van der Waals surface area contributed by atoms with Crippen LogP contribution in [0.5, 0.6) is 0 Å². The highest BCUT2D eigenvalue weighted by molar-refractivity contribution is 6.31. The topological polar surface area (TPSA) is 61.0 Å². The summed E-state index contributed by atoms with van der Waals surface area (Å²) in [6, 6.07) is 5.74. The van der Waals surface area contributed by atoms with Gasteiger partial charge < -0.3 is 15.2 Å². The standard InChI is InChI=1S/C13H15ClN4O.ClH/c1-15-9-4-5-18(7-9)12-13(19)17-11-6-8(14)2-3-10(11)16-12;/h2-3,6,9,15H,4-5,7H2,1H3,(H,17,19);1H. The summed E-state index contributed by atoms with van der Waals surface area (Å²) in [7, 11) is 1.94. The van der Waals surface area contributed by atoms with E-state index in [0.29, 0.717) is 22.4 Å². The Morgan fingerprint density at radius 2 is 2.30 bits per heavy atom. The molecule has 2 aromatic rings. The summed E-state index contributed by atoms with van der Waals surface area (Å²) in [4.78, 5) is 21.4. The zero-order valence-electron chi connectivity index (χ0n) is 11.0. The van der Waals surface area contributed by atoms with Gasteiger partial charge in [0.2, 0.25) is 0 Å². The molecule has 1 saturated heterocycles. The monoisotopic (exact) mass is 314 g/mol. The van der Waals surface area contributed by atoms with Gasteiger partial charge in [-0.1, -0.05) is 11.6 Å². The van der Waals surface area contributed by atoms with Gasteiger partial charge in [0.05, 0.1) is 11.0 Å². The van der Waals surface area contributed by atoms with E-state index >= 15 is 0 Å². The Labute approximate surface area is 127 Å². The highest BCUT2D eigenvalue weighted by atomic mass is 35.5. The van der Waals surface area contributed by atoms with Gasteiger partial charge in [0.25, 0.3) is 5.56 Å². The quantitative estimate of drug-likeness (QED) is 0.887. The Morgan fingerprint density at radius 1 is 1.50 bits per heavy atom. The van der Waals surface area contributed by atoms with Gasteiger partial charge in [-0.3, -0.25) is 4.79 Å². The number of halogens is 2. The van der Waals surface area contributed by atoms with E-state index in [9.17, 15) is 4.79 Å². The highest BCUT2D eigenvalue weighted by Gasteiger charge is 2.24. The van der Waals surface area contributed by atoms with E-state index in [4.69, 9.17) is 11.6 Å². The van der Waals surface area contributed by atoms with Crippen LogP contribution in [0, 0.1) is 0 Å². The second-order valence-corrected chi connectivity index (χ2v) is 5.21. The number of hydrogen-bond donors (Lipinski definition) is 2. The van der Waals surface area contributed by atoms with Crippen LogP contribution >= 0.6 is 24.0 Å². The number of nitrogens with one attached hydrogen (secondary N) is 2. The Morgan fingerprint density at radius 3 is 3.00 bits per heavy atom. The molecule has 0 aliphatic carbocycles. The van der Waals surface area contributed by atoms with Crippen molar-refractivity contribution in [2.45, 2.75) is 12.5 Å². The lowest BCUT2D eigenvalue weighted by molar-refractivity contribution is 0.616. The molecular weight excluding hydrogens is 299 g/mol. The number of likely N-dealkylation sites (N-methyl/N-ethyl adjacent to an activating group) is 1. The lowest BCUT2D eigenvalue weighted by Crippen LogP contribution is -2.32. The fraction of sp³-hybridized carbons (Fsp3) is 0.385. The fourth-order valence-corrected chi connectivity index (χ4v) is 2.62. The van der Waals surface area contributed by atoms with Crippen molar-refractivity contribution in [1.29, 1.82) is 0 Å². The van der Waals surface area contributed by atoms with Crippen molar-refractivity contribution in [3.8, 4) is 0 Å². The van der Waals surface area contributed by atoms with Gasteiger partial charge in [-0.15, -0.1) is 12.4 Å². The van der Waals surface area contributed by atoms with Crippen molar-refractivity contribution >= 4 is 40.9 Å². The number of hydrogen-bond acceptors (Lipinski definition) is 4. The van der Waals surface area contributed by atoms with E-state index in [2.05, 4.69) is 15.3 Å². The number of rotatable bonds is 2. The highest BCUT2D eigenvalue weighted by Crippen LogP contribution is 2.19. The second-order valence-electron chi connectivity index (χ2n) is 4.77. The van der Waals surface area contributed by atoms with E-state index in [0.717, 1.165) is 25.0 Å². The molecule has 0 bridgehead atoms. The van der Waals surface area contributed by atoms with E-state index in [1.54, 1.807) is 12.1 Å². The molecule has 0 saturated carbocycles. The minimum atomic E-state index is -0.161. The van der Waals surface area contributed by atoms with Crippen molar-refractivity contribution in [3.05, 3.63) is 33.6 Å². The molecule has 1 fully saturated rings. The minimum absolute atomic E-state index is 0. The molecule has 5 nitrogen and oxygen atoms in total. The average molecular weight is 315 g/mol. The van der Waals surface area contributed by atoms with Crippen molar-refractivity contribution in [2.24, 2.45) is 0 Å². The van der Waals surface area contributed by atoms with E-state index in [-0.39, 0.29) is 18.0 Å². The minimum Gasteiger partial charge on any atom is -0.350 e. The number of H-pyrrole nitrogens is 1. The van der Waals surface area contributed by atoms with Gasteiger partial charge in [0.15, 0.2) is 5.82 Å². The molecule has 7 heteroatoms. The summed E-state index contributed by atoms with van der Waals surface area (Å²) in [5.41, 5.74) is 1.27. The Hall–Kier alpha value is -1.30. The number of nitrogens with zero attached hydrogens (tertiary/aromatic N) is 2. The largest absolute Gasteiger partial charge is 0.350 e. The summed E-state index contributed by atoms with van der Waals surface area (Å²) >= 11 is 5.91. The van der Waals surface area contributed by atoms with Crippen LogP contribution in [-0.2, 0) is 0 Å². The third-order valence-corrected chi connectivity index (χ3v) is 3.77. The molecule has 108 valence electrons. The molecule has 3 rings (SSSR count). The molecule has 1 aliphatic heterocycles. The lowest BCUT2D eigenvalue weighted by Gasteiger charge is -2.16. The summed E-state index contributed by atoms with van der Waals surface area (Å²) in [6.07, 6.45) is 1.02. The molecule has 20 heavy (non-hydrogen) atoms. The van der Waals surface area contributed by atoms with Crippen LogP contribution in [0.2, 0.25) is 5.02 Å². The van der Waals surface area contributed by atoms with Gasteiger partial charge >= 0.3 is 0 Å². The van der Waals surface area contributed by atoms with Crippen LogP contribution < -0.4 is 15.8 Å². The van der Waals surface area contributed by atoms with Gasteiger partial charge in [0, 0.05) is 24.2 Å². The molecule has 1 atom stereocenters. The Kier molecular flexibility index (Phi) is 4.52. The maximum atomic E-state index is 12.1. The zero-order chi connectivity index (χ0) is 13.4. The smallest absolute Gasteiger partial charge is 0.291 e. The maximum absolute atomic E-state index is 12.1. The summed E-state index contributed by atoms with van der Waals surface area (Å²) in [5.74, 6) is 0.493. The molecule has 0 spiro atoms. The average Bonchev–Trinajstić information content (AvgIpc) is 2.86. The number of anilines is 1.